The smallest absolute Gasteiger partial charge is 0.137 e. The van der Waals surface area contributed by atoms with E-state index in [4.69, 9.17) is 0 Å². The van der Waals surface area contributed by atoms with Crippen molar-refractivity contribution in [3.8, 4) is 0 Å². The largest absolute Gasteiger partial charge is 0.380 e. The Kier molecular flexibility index (Phi) is 3.54. The van der Waals surface area contributed by atoms with E-state index in [1.165, 1.54) is 0 Å². The van der Waals surface area contributed by atoms with Crippen molar-refractivity contribution in [3.63, 3.8) is 0 Å². The minimum atomic E-state index is -0.705. The Morgan fingerprint density at radius 3 is 2.88 bits per heavy atom. The van der Waals surface area contributed by atoms with E-state index in [1.807, 2.05) is 35.9 Å². The predicted molar refractivity (Wildman–Crippen MR) is 65.6 cm³/mol. The normalized spacial score (nSPS) is 12.6. The van der Waals surface area contributed by atoms with Crippen LogP contribution in [0.5, 0.6) is 0 Å². The molecule has 0 aliphatic rings. The van der Waals surface area contributed by atoms with Crippen LogP contribution in [0, 0.1) is 6.92 Å². The van der Waals surface area contributed by atoms with Crippen LogP contribution in [0.3, 0.4) is 0 Å². The van der Waals surface area contributed by atoms with Crippen molar-refractivity contribution < 1.29 is 5.11 Å². The molecule has 0 bridgehead atoms. The van der Waals surface area contributed by atoms with Crippen LogP contribution in [0.2, 0.25) is 0 Å². The number of aryl methyl sites for hydroxylation is 2. The van der Waals surface area contributed by atoms with Crippen molar-refractivity contribution >= 4 is 0 Å². The second-order valence-corrected chi connectivity index (χ2v) is 4.09. The summed E-state index contributed by atoms with van der Waals surface area (Å²) in [6.45, 7) is 4.81. The van der Waals surface area contributed by atoms with Gasteiger partial charge in [-0.3, -0.25) is 9.67 Å². The third-order valence-corrected chi connectivity index (χ3v) is 2.65. The molecule has 1 N–H and O–H groups in total. The van der Waals surface area contributed by atoms with Gasteiger partial charge in [0.15, 0.2) is 0 Å². The summed E-state index contributed by atoms with van der Waals surface area (Å²) in [4.78, 5) is 4.34. The molecule has 0 spiro atoms. The number of hydrogen-bond donors (Lipinski definition) is 1. The van der Waals surface area contributed by atoms with E-state index in [-0.39, 0.29) is 0 Å². The standard InChI is InChI=1S/C13H17N3O/c1-3-9-16-12(7-8-14-16)13(17)11-6-4-5-10(2)15-11/h4-8,13,17H,3,9H2,1-2H3. The van der Waals surface area contributed by atoms with Gasteiger partial charge >= 0.3 is 0 Å². The maximum absolute atomic E-state index is 10.3. The van der Waals surface area contributed by atoms with Crippen LogP contribution in [0.25, 0.3) is 0 Å². The second-order valence-electron chi connectivity index (χ2n) is 4.09. The van der Waals surface area contributed by atoms with E-state index in [2.05, 4.69) is 17.0 Å². The van der Waals surface area contributed by atoms with Gasteiger partial charge in [0.05, 0.1) is 11.4 Å². The molecule has 0 aromatic carbocycles. The van der Waals surface area contributed by atoms with Crippen molar-refractivity contribution in [2.24, 2.45) is 0 Å². The number of hydrogen-bond acceptors (Lipinski definition) is 3. The SMILES string of the molecule is CCCn1nccc1C(O)c1cccc(C)n1. The molecule has 0 saturated carbocycles. The van der Waals surface area contributed by atoms with E-state index in [0.29, 0.717) is 5.69 Å². The summed E-state index contributed by atoms with van der Waals surface area (Å²) in [5, 5.41) is 14.5. The summed E-state index contributed by atoms with van der Waals surface area (Å²) in [7, 11) is 0. The Balaban J connectivity index is 2.30. The summed E-state index contributed by atoms with van der Waals surface area (Å²) in [6.07, 6.45) is 2.00. The molecule has 2 aromatic rings. The Morgan fingerprint density at radius 2 is 2.18 bits per heavy atom. The zero-order chi connectivity index (χ0) is 12.3. The molecule has 2 rings (SSSR count). The van der Waals surface area contributed by atoms with Gasteiger partial charge in [0.2, 0.25) is 0 Å². The Bertz CT molecular complexity index is 493. The van der Waals surface area contributed by atoms with Crippen molar-refractivity contribution in [2.45, 2.75) is 32.9 Å². The molecule has 1 unspecified atom stereocenters. The zero-order valence-corrected chi connectivity index (χ0v) is 10.2. The van der Waals surface area contributed by atoms with Crippen LogP contribution in [-0.4, -0.2) is 19.9 Å². The lowest BCUT2D eigenvalue weighted by Gasteiger charge is -2.12. The number of aliphatic hydroxyl groups is 1. The average molecular weight is 231 g/mol. The summed E-state index contributed by atoms with van der Waals surface area (Å²) in [5.74, 6) is 0. The molecule has 0 aliphatic carbocycles. The highest BCUT2D eigenvalue weighted by atomic mass is 16.3. The maximum atomic E-state index is 10.3. The van der Waals surface area contributed by atoms with E-state index < -0.39 is 6.10 Å². The van der Waals surface area contributed by atoms with Crippen molar-refractivity contribution in [2.75, 3.05) is 0 Å². The minimum Gasteiger partial charge on any atom is -0.380 e. The van der Waals surface area contributed by atoms with Crippen LogP contribution in [0.15, 0.2) is 30.5 Å². The van der Waals surface area contributed by atoms with E-state index in [0.717, 1.165) is 24.4 Å². The first-order chi connectivity index (χ1) is 8.22. The molecular formula is C13H17N3O. The van der Waals surface area contributed by atoms with E-state index >= 15 is 0 Å². The fraction of sp³-hybridized carbons (Fsp3) is 0.385. The second kappa shape index (κ2) is 5.10. The molecule has 0 saturated heterocycles. The fourth-order valence-corrected chi connectivity index (χ4v) is 1.84. The Labute approximate surface area is 101 Å². The first-order valence-corrected chi connectivity index (χ1v) is 5.85. The van der Waals surface area contributed by atoms with Gasteiger partial charge in [-0.15, -0.1) is 0 Å². The molecule has 4 heteroatoms. The van der Waals surface area contributed by atoms with Gasteiger partial charge in [-0.05, 0) is 31.5 Å². The molecule has 0 aliphatic heterocycles. The van der Waals surface area contributed by atoms with Gasteiger partial charge in [-0.25, -0.2) is 0 Å². The van der Waals surface area contributed by atoms with Crippen molar-refractivity contribution in [1.29, 1.82) is 0 Å². The highest BCUT2D eigenvalue weighted by Crippen LogP contribution is 2.20. The third kappa shape index (κ3) is 2.53. The molecule has 2 heterocycles. The summed E-state index contributed by atoms with van der Waals surface area (Å²) >= 11 is 0. The van der Waals surface area contributed by atoms with Crippen molar-refractivity contribution in [3.05, 3.63) is 47.5 Å². The predicted octanol–water partition coefficient (Wildman–Crippen LogP) is 2.08. The number of aliphatic hydroxyl groups excluding tert-OH is 1. The quantitative estimate of drug-likeness (QED) is 0.876. The Morgan fingerprint density at radius 1 is 1.35 bits per heavy atom. The molecule has 0 amide bonds. The van der Waals surface area contributed by atoms with Crippen LogP contribution in [-0.2, 0) is 6.54 Å². The monoisotopic (exact) mass is 231 g/mol. The van der Waals surface area contributed by atoms with Crippen LogP contribution in [0.1, 0.15) is 36.5 Å². The third-order valence-electron chi connectivity index (χ3n) is 2.65. The lowest BCUT2D eigenvalue weighted by atomic mass is 10.1. The minimum absolute atomic E-state index is 0.669. The van der Waals surface area contributed by atoms with Gasteiger partial charge in [-0.2, -0.15) is 5.10 Å². The molecular weight excluding hydrogens is 214 g/mol. The van der Waals surface area contributed by atoms with Gasteiger partial charge in [-0.1, -0.05) is 13.0 Å². The summed E-state index contributed by atoms with van der Waals surface area (Å²) < 4.78 is 1.83. The number of nitrogens with zero attached hydrogens (tertiary/aromatic N) is 3. The van der Waals surface area contributed by atoms with Crippen molar-refractivity contribution in [1.82, 2.24) is 14.8 Å². The molecule has 2 aromatic heterocycles. The van der Waals surface area contributed by atoms with Gasteiger partial charge in [0.25, 0.3) is 0 Å². The van der Waals surface area contributed by atoms with E-state index in [9.17, 15) is 5.11 Å². The van der Waals surface area contributed by atoms with Crippen LogP contribution < -0.4 is 0 Å². The van der Waals surface area contributed by atoms with Crippen LogP contribution in [0.4, 0.5) is 0 Å². The number of pyridine rings is 1. The molecule has 0 fully saturated rings. The molecule has 17 heavy (non-hydrogen) atoms. The lowest BCUT2D eigenvalue weighted by Crippen LogP contribution is -2.11. The molecule has 90 valence electrons. The fourth-order valence-electron chi connectivity index (χ4n) is 1.84. The van der Waals surface area contributed by atoms with Crippen LogP contribution >= 0.6 is 0 Å². The summed E-state index contributed by atoms with van der Waals surface area (Å²) in [6, 6.07) is 7.49. The first kappa shape index (κ1) is 11.8. The molecule has 0 radical (unpaired) electrons. The average Bonchev–Trinajstić information content (AvgIpc) is 2.77. The topological polar surface area (TPSA) is 50.9 Å². The van der Waals surface area contributed by atoms with Gasteiger partial charge in [0.1, 0.15) is 6.10 Å². The van der Waals surface area contributed by atoms with E-state index in [1.54, 1.807) is 6.20 Å². The molecule has 4 nitrogen and oxygen atoms in total. The summed E-state index contributed by atoms with van der Waals surface area (Å²) in [5.41, 5.74) is 2.37. The number of aromatic nitrogens is 3. The van der Waals surface area contributed by atoms with Gasteiger partial charge in [0, 0.05) is 18.4 Å². The maximum Gasteiger partial charge on any atom is 0.137 e. The zero-order valence-electron chi connectivity index (χ0n) is 10.2. The van der Waals surface area contributed by atoms with Gasteiger partial charge < -0.3 is 5.11 Å². The lowest BCUT2D eigenvalue weighted by molar-refractivity contribution is 0.202. The number of rotatable bonds is 4. The Hall–Kier alpha value is -1.68. The highest BCUT2D eigenvalue weighted by molar-refractivity contribution is 5.20. The first-order valence-electron chi connectivity index (χ1n) is 5.85. The highest BCUT2D eigenvalue weighted by Gasteiger charge is 2.16. The molecule has 1 atom stereocenters.